The molecule has 3 amide bonds. The highest BCUT2D eigenvalue weighted by Crippen LogP contribution is 2.36. The molecule has 3 aliphatic rings. The predicted molar refractivity (Wildman–Crippen MR) is 118 cm³/mol. The molecule has 0 unspecified atom stereocenters. The first-order valence-electron chi connectivity index (χ1n) is 10.9. The average molecular weight is 447 g/mol. The normalized spacial score (nSPS) is 28.5. The van der Waals surface area contributed by atoms with Crippen LogP contribution in [-0.4, -0.2) is 72.8 Å². The number of hydrogen-bond donors (Lipinski definition) is 1. The fraction of sp³-hybridized carbons (Fsp3) is 0.545. The van der Waals surface area contributed by atoms with Gasteiger partial charge >= 0.3 is 6.03 Å². The van der Waals surface area contributed by atoms with Crippen molar-refractivity contribution < 1.29 is 18.0 Å². The number of sulfonamides is 1. The summed E-state index contributed by atoms with van der Waals surface area (Å²) in [6, 6.07) is 8.97. The molecule has 4 rings (SSSR count). The summed E-state index contributed by atoms with van der Waals surface area (Å²) in [6.45, 7) is 3.98. The van der Waals surface area contributed by atoms with E-state index in [-0.39, 0.29) is 18.6 Å². The molecular formula is C22H30N4O4S. The predicted octanol–water partition coefficient (Wildman–Crippen LogP) is 2.06. The number of carbonyl (C=O) groups is 2. The van der Waals surface area contributed by atoms with Crippen molar-refractivity contribution in [1.82, 2.24) is 19.4 Å². The van der Waals surface area contributed by atoms with Crippen LogP contribution in [-0.2, 0) is 14.8 Å². The van der Waals surface area contributed by atoms with Crippen molar-refractivity contribution in [3.63, 3.8) is 0 Å². The second-order valence-corrected chi connectivity index (χ2v) is 10.7. The van der Waals surface area contributed by atoms with Gasteiger partial charge in [-0.2, -0.15) is 4.31 Å². The minimum atomic E-state index is -3.51. The molecule has 1 aromatic rings. The summed E-state index contributed by atoms with van der Waals surface area (Å²) in [5.74, 6) is 0.445. The Morgan fingerprint density at radius 2 is 1.71 bits per heavy atom. The van der Waals surface area contributed by atoms with Gasteiger partial charge in [0.05, 0.1) is 6.67 Å². The standard InChI is InChI=1S/C22H30N4O4S/c1-18-7-10-22(11-8-18)20(27)26(21(28)23-22)17-24-12-14-25(15-13-24)31(29,30)16-9-19-5-3-2-4-6-19/h2-6,9,16,18H,7-8,10-15,17H2,1H3,(H,23,28)/b16-9+. The first-order chi connectivity index (χ1) is 14.8. The molecule has 2 heterocycles. The molecule has 0 aromatic heterocycles. The Hall–Kier alpha value is -2.23. The lowest BCUT2D eigenvalue weighted by Gasteiger charge is -2.36. The van der Waals surface area contributed by atoms with Gasteiger partial charge in [-0.05, 0) is 43.2 Å². The maximum atomic E-state index is 13.0. The number of urea groups is 1. The van der Waals surface area contributed by atoms with Crippen molar-refractivity contribution in [2.45, 2.75) is 38.1 Å². The van der Waals surface area contributed by atoms with Gasteiger partial charge in [-0.25, -0.2) is 18.1 Å². The summed E-state index contributed by atoms with van der Waals surface area (Å²) in [5, 5.41) is 4.18. The van der Waals surface area contributed by atoms with Crippen LogP contribution < -0.4 is 5.32 Å². The zero-order valence-corrected chi connectivity index (χ0v) is 18.7. The number of amides is 3. The number of carbonyl (C=O) groups excluding carboxylic acids is 2. The van der Waals surface area contributed by atoms with Crippen molar-refractivity contribution in [2.24, 2.45) is 5.92 Å². The number of rotatable bonds is 5. The fourth-order valence-corrected chi connectivity index (χ4v) is 5.71. The summed E-state index contributed by atoms with van der Waals surface area (Å²) in [7, 11) is -3.51. The first kappa shape index (κ1) is 22.0. The van der Waals surface area contributed by atoms with E-state index >= 15 is 0 Å². The van der Waals surface area contributed by atoms with Crippen LogP contribution in [0.4, 0.5) is 4.79 Å². The molecule has 0 atom stereocenters. The van der Waals surface area contributed by atoms with Crippen molar-refractivity contribution in [3.05, 3.63) is 41.3 Å². The van der Waals surface area contributed by atoms with E-state index < -0.39 is 15.6 Å². The second-order valence-electron chi connectivity index (χ2n) is 8.84. The Bertz CT molecular complexity index is 947. The molecule has 2 aliphatic heterocycles. The van der Waals surface area contributed by atoms with Gasteiger partial charge in [0, 0.05) is 31.6 Å². The molecule has 2 saturated heterocycles. The number of benzene rings is 1. The van der Waals surface area contributed by atoms with E-state index in [4.69, 9.17) is 0 Å². The van der Waals surface area contributed by atoms with Gasteiger partial charge in [-0.15, -0.1) is 0 Å². The van der Waals surface area contributed by atoms with Crippen molar-refractivity contribution in [1.29, 1.82) is 0 Å². The molecular weight excluding hydrogens is 416 g/mol. The third kappa shape index (κ3) is 4.68. The fourth-order valence-electron chi connectivity index (χ4n) is 4.54. The third-order valence-electron chi connectivity index (χ3n) is 6.64. The van der Waals surface area contributed by atoms with Gasteiger partial charge in [0.15, 0.2) is 0 Å². The van der Waals surface area contributed by atoms with E-state index in [0.29, 0.717) is 44.9 Å². The zero-order chi connectivity index (χ0) is 22.1. The highest BCUT2D eigenvalue weighted by Gasteiger charge is 2.52. The van der Waals surface area contributed by atoms with Gasteiger partial charge in [0.2, 0.25) is 10.0 Å². The van der Waals surface area contributed by atoms with Crippen molar-refractivity contribution in [3.8, 4) is 0 Å². The SMILES string of the molecule is CC1CCC2(CC1)NC(=O)N(CN1CCN(S(=O)(=O)/C=C/c3ccccc3)CC1)C2=O. The summed E-state index contributed by atoms with van der Waals surface area (Å²) in [4.78, 5) is 28.8. The second kappa shape index (κ2) is 8.72. The monoisotopic (exact) mass is 446 g/mol. The number of hydrogen-bond acceptors (Lipinski definition) is 5. The summed E-state index contributed by atoms with van der Waals surface area (Å²) in [6.07, 6.45) is 4.85. The molecule has 1 aliphatic carbocycles. The topological polar surface area (TPSA) is 90.0 Å². The molecule has 0 bridgehead atoms. The molecule has 9 heteroatoms. The lowest BCUT2D eigenvalue weighted by atomic mass is 9.77. The number of nitrogens with one attached hydrogen (secondary N) is 1. The first-order valence-corrected chi connectivity index (χ1v) is 12.4. The summed E-state index contributed by atoms with van der Waals surface area (Å²) in [5.41, 5.74) is 0.0890. The Morgan fingerprint density at radius 3 is 2.35 bits per heavy atom. The van der Waals surface area contributed by atoms with Crippen LogP contribution in [0.1, 0.15) is 38.2 Å². The smallest absolute Gasteiger partial charge is 0.323 e. The van der Waals surface area contributed by atoms with E-state index in [1.807, 2.05) is 35.2 Å². The van der Waals surface area contributed by atoms with E-state index in [1.165, 1.54) is 14.6 Å². The number of imide groups is 1. The quantitative estimate of drug-likeness (QED) is 0.700. The van der Waals surface area contributed by atoms with Crippen LogP contribution in [0.2, 0.25) is 0 Å². The van der Waals surface area contributed by atoms with E-state index in [9.17, 15) is 18.0 Å². The summed E-state index contributed by atoms with van der Waals surface area (Å²) >= 11 is 0. The Labute approximate surface area is 183 Å². The lowest BCUT2D eigenvalue weighted by Crippen LogP contribution is -2.53. The minimum absolute atomic E-state index is 0.134. The van der Waals surface area contributed by atoms with Crippen LogP contribution in [0.5, 0.6) is 0 Å². The third-order valence-corrected chi connectivity index (χ3v) is 8.20. The van der Waals surface area contributed by atoms with Crippen molar-refractivity contribution in [2.75, 3.05) is 32.8 Å². The largest absolute Gasteiger partial charge is 0.326 e. The molecule has 0 radical (unpaired) electrons. The average Bonchev–Trinajstić information content (AvgIpc) is 3.00. The summed E-state index contributed by atoms with van der Waals surface area (Å²) < 4.78 is 26.7. The number of piperazine rings is 1. The van der Waals surface area contributed by atoms with Crippen LogP contribution in [0.3, 0.4) is 0 Å². The van der Waals surface area contributed by atoms with Crippen molar-refractivity contribution >= 4 is 28.0 Å². The Morgan fingerprint density at radius 1 is 1.06 bits per heavy atom. The molecule has 3 fully saturated rings. The van der Waals surface area contributed by atoms with E-state index in [1.54, 1.807) is 6.08 Å². The van der Waals surface area contributed by atoms with Crippen LogP contribution in [0.15, 0.2) is 35.7 Å². The maximum Gasteiger partial charge on any atom is 0.326 e. The van der Waals surface area contributed by atoms with Gasteiger partial charge in [0.1, 0.15) is 5.54 Å². The van der Waals surface area contributed by atoms with Gasteiger partial charge < -0.3 is 5.32 Å². The molecule has 1 spiro atoms. The Kier molecular flexibility index (Phi) is 6.18. The zero-order valence-electron chi connectivity index (χ0n) is 17.9. The molecule has 31 heavy (non-hydrogen) atoms. The highest BCUT2D eigenvalue weighted by atomic mass is 32.2. The Balaban J connectivity index is 1.32. The number of nitrogens with zero attached hydrogens (tertiary/aromatic N) is 3. The minimum Gasteiger partial charge on any atom is -0.323 e. The van der Waals surface area contributed by atoms with Gasteiger partial charge in [-0.1, -0.05) is 37.3 Å². The highest BCUT2D eigenvalue weighted by molar-refractivity contribution is 7.92. The maximum absolute atomic E-state index is 13.0. The van der Waals surface area contributed by atoms with Crippen LogP contribution in [0, 0.1) is 5.92 Å². The van der Waals surface area contributed by atoms with Crippen LogP contribution in [0.25, 0.3) is 6.08 Å². The molecule has 1 aromatic carbocycles. The van der Waals surface area contributed by atoms with E-state index in [0.717, 1.165) is 18.4 Å². The van der Waals surface area contributed by atoms with Gasteiger partial charge in [0.25, 0.3) is 5.91 Å². The molecule has 8 nitrogen and oxygen atoms in total. The molecule has 1 saturated carbocycles. The van der Waals surface area contributed by atoms with Crippen LogP contribution >= 0.6 is 0 Å². The lowest BCUT2D eigenvalue weighted by molar-refractivity contribution is -0.134. The van der Waals surface area contributed by atoms with Gasteiger partial charge in [-0.3, -0.25) is 9.69 Å². The molecule has 1 N–H and O–H groups in total. The molecule has 168 valence electrons. The van der Waals surface area contributed by atoms with E-state index in [2.05, 4.69) is 12.2 Å².